The van der Waals surface area contributed by atoms with Crippen molar-refractivity contribution in [3.63, 3.8) is 0 Å². The van der Waals surface area contributed by atoms with Crippen LogP contribution >= 0.6 is 0 Å². The van der Waals surface area contributed by atoms with Crippen LogP contribution in [0.1, 0.15) is 40.5 Å². The summed E-state index contributed by atoms with van der Waals surface area (Å²) in [6.07, 6.45) is 1.47. The van der Waals surface area contributed by atoms with Gasteiger partial charge >= 0.3 is 6.09 Å². The second-order valence-corrected chi connectivity index (χ2v) is 5.52. The second kappa shape index (κ2) is 3.96. The molecular formula is C11H21N3O2. The lowest BCUT2D eigenvalue weighted by Gasteiger charge is -2.31. The van der Waals surface area contributed by atoms with Crippen LogP contribution in [0.5, 0.6) is 0 Å². The highest BCUT2D eigenvalue weighted by Crippen LogP contribution is 2.39. The van der Waals surface area contributed by atoms with E-state index in [-0.39, 0.29) is 11.8 Å². The fourth-order valence-corrected chi connectivity index (χ4v) is 1.57. The number of carbonyl (C=O) groups is 1. The molecule has 0 bridgehead atoms. The van der Waals surface area contributed by atoms with Gasteiger partial charge in [0, 0.05) is 0 Å². The van der Waals surface area contributed by atoms with Crippen LogP contribution < -0.4 is 11.1 Å². The van der Waals surface area contributed by atoms with Crippen molar-refractivity contribution in [3.05, 3.63) is 0 Å². The molecule has 1 rings (SSSR count). The highest BCUT2D eigenvalue weighted by atomic mass is 16.6. The molecule has 1 fully saturated rings. The molecule has 0 radical (unpaired) electrons. The van der Waals surface area contributed by atoms with Gasteiger partial charge in [0.05, 0.1) is 5.54 Å². The number of alkyl carbamates (subject to hydrolysis) is 1. The Morgan fingerprint density at radius 2 is 1.88 bits per heavy atom. The molecule has 1 unspecified atom stereocenters. The lowest BCUT2D eigenvalue weighted by molar-refractivity contribution is 0.0482. The molecule has 4 N–H and O–H groups in total. The second-order valence-electron chi connectivity index (χ2n) is 5.52. The van der Waals surface area contributed by atoms with Crippen LogP contribution in [0.2, 0.25) is 0 Å². The standard InChI is InChI=1S/C11H21N3O2/c1-10(2,3)16-9(15)14-11(4,8(12)13)7-5-6-7/h7H,5-6H2,1-4H3,(H3,12,13)(H,14,15). The summed E-state index contributed by atoms with van der Waals surface area (Å²) in [5.41, 5.74) is 4.24. The number of amidine groups is 1. The van der Waals surface area contributed by atoms with Crippen molar-refractivity contribution in [2.24, 2.45) is 11.7 Å². The Morgan fingerprint density at radius 3 is 2.19 bits per heavy atom. The van der Waals surface area contributed by atoms with Crippen molar-refractivity contribution in [3.8, 4) is 0 Å². The molecule has 1 saturated carbocycles. The molecule has 0 aromatic rings. The Labute approximate surface area is 96.2 Å². The Morgan fingerprint density at radius 1 is 1.38 bits per heavy atom. The smallest absolute Gasteiger partial charge is 0.408 e. The molecule has 16 heavy (non-hydrogen) atoms. The van der Waals surface area contributed by atoms with Crippen LogP contribution in [0.25, 0.3) is 0 Å². The number of ether oxygens (including phenoxy) is 1. The molecule has 5 nitrogen and oxygen atoms in total. The van der Waals surface area contributed by atoms with E-state index in [9.17, 15) is 4.79 Å². The fourth-order valence-electron chi connectivity index (χ4n) is 1.57. The molecule has 1 aliphatic rings. The van der Waals surface area contributed by atoms with E-state index in [1.54, 1.807) is 27.7 Å². The van der Waals surface area contributed by atoms with E-state index in [0.717, 1.165) is 12.8 Å². The van der Waals surface area contributed by atoms with E-state index in [2.05, 4.69) is 5.32 Å². The fraction of sp³-hybridized carbons (Fsp3) is 0.818. The molecule has 0 aromatic carbocycles. The van der Waals surface area contributed by atoms with E-state index in [4.69, 9.17) is 15.9 Å². The number of hydrogen-bond acceptors (Lipinski definition) is 3. The number of hydrogen-bond donors (Lipinski definition) is 3. The van der Waals surface area contributed by atoms with Crippen LogP contribution in [0.4, 0.5) is 4.79 Å². The molecule has 0 heterocycles. The average molecular weight is 227 g/mol. The van der Waals surface area contributed by atoms with Gasteiger partial charge in [-0.2, -0.15) is 0 Å². The normalized spacial score (nSPS) is 19.8. The molecule has 0 aliphatic heterocycles. The molecule has 1 atom stereocenters. The highest BCUT2D eigenvalue weighted by Gasteiger charge is 2.45. The lowest BCUT2D eigenvalue weighted by Crippen LogP contribution is -2.57. The first-order chi connectivity index (χ1) is 7.15. The maximum Gasteiger partial charge on any atom is 0.408 e. The van der Waals surface area contributed by atoms with Crippen molar-refractivity contribution in [1.29, 1.82) is 5.41 Å². The third-order valence-electron chi connectivity index (χ3n) is 2.71. The van der Waals surface area contributed by atoms with Crippen molar-refractivity contribution in [2.45, 2.75) is 51.7 Å². The van der Waals surface area contributed by atoms with Gasteiger partial charge in [0.15, 0.2) is 0 Å². The first kappa shape index (κ1) is 12.8. The minimum Gasteiger partial charge on any atom is -0.444 e. The van der Waals surface area contributed by atoms with Gasteiger partial charge < -0.3 is 15.8 Å². The number of amides is 1. The molecular weight excluding hydrogens is 206 g/mol. The van der Waals surface area contributed by atoms with Crippen molar-refractivity contribution in [1.82, 2.24) is 5.32 Å². The van der Waals surface area contributed by atoms with Gasteiger partial charge in [-0.3, -0.25) is 5.41 Å². The van der Waals surface area contributed by atoms with Crippen molar-refractivity contribution >= 4 is 11.9 Å². The van der Waals surface area contributed by atoms with E-state index < -0.39 is 17.2 Å². The van der Waals surface area contributed by atoms with Crippen LogP contribution in [-0.2, 0) is 4.74 Å². The van der Waals surface area contributed by atoms with Gasteiger partial charge in [0.25, 0.3) is 0 Å². The predicted molar refractivity (Wildman–Crippen MR) is 62.4 cm³/mol. The zero-order valence-corrected chi connectivity index (χ0v) is 10.4. The zero-order valence-electron chi connectivity index (χ0n) is 10.4. The molecule has 1 aliphatic carbocycles. The Balaban J connectivity index is 2.63. The van der Waals surface area contributed by atoms with Gasteiger partial charge in [-0.25, -0.2) is 4.79 Å². The average Bonchev–Trinajstić information content (AvgIpc) is 2.80. The summed E-state index contributed by atoms with van der Waals surface area (Å²) in [6.45, 7) is 7.18. The number of nitrogens with two attached hydrogens (primary N) is 1. The van der Waals surface area contributed by atoms with Crippen molar-refractivity contribution < 1.29 is 9.53 Å². The third kappa shape index (κ3) is 3.12. The summed E-state index contributed by atoms with van der Waals surface area (Å²) in [5, 5.41) is 10.3. The van der Waals surface area contributed by atoms with Gasteiger partial charge in [-0.05, 0) is 46.5 Å². The molecule has 0 spiro atoms. The first-order valence-corrected chi connectivity index (χ1v) is 5.51. The lowest BCUT2D eigenvalue weighted by atomic mass is 9.95. The van der Waals surface area contributed by atoms with Gasteiger partial charge in [-0.15, -0.1) is 0 Å². The predicted octanol–water partition coefficient (Wildman–Crippen LogP) is 1.62. The van der Waals surface area contributed by atoms with Crippen LogP contribution in [-0.4, -0.2) is 23.1 Å². The summed E-state index contributed by atoms with van der Waals surface area (Å²) in [6, 6.07) is 0. The molecule has 5 heteroatoms. The quantitative estimate of drug-likeness (QED) is 0.505. The molecule has 1 amide bonds. The van der Waals surface area contributed by atoms with E-state index in [1.165, 1.54) is 0 Å². The van der Waals surface area contributed by atoms with Gasteiger partial charge in [0.1, 0.15) is 11.4 Å². The number of rotatable bonds is 3. The summed E-state index contributed by atoms with van der Waals surface area (Å²) < 4.78 is 5.16. The number of carbonyl (C=O) groups excluding carboxylic acids is 1. The summed E-state index contributed by atoms with van der Waals surface area (Å²) >= 11 is 0. The topological polar surface area (TPSA) is 88.2 Å². The number of nitrogens with one attached hydrogen (secondary N) is 2. The minimum absolute atomic E-state index is 0.0131. The SMILES string of the molecule is CC(C)(C)OC(=O)NC(C)(C(=N)N)C1CC1. The minimum atomic E-state index is -0.762. The summed E-state index contributed by atoms with van der Waals surface area (Å²) in [7, 11) is 0. The van der Waals surface area contributed by atoms with Crippen LogP contribution in [0.15, 0.2) is 0 Å². The highest BCUT2D eigenvalue weighted by molar-refractivity contribution is 5.91. The summed E-state index contributed by atoms with van der Waals surface area (Å²) in [5.74, 6) is 0.248. The zero-order chi connectivity index (χ0) is 12.6. The first-order valence-electron chi connectivity index (χ1n) is 5.51. The Bertz CT molecular complexity index is 305. The molecule has 0 saturated heterocycles. The Hall–Kier alpha value is -1.26. The third-order valence-corrected chi connectivity index (χ3v) is 2.71. The maximum absolute atomic E-state index is 11.6. The van der Waals surface area contributed by atoms with Crippen LogP contribution in [0.3, 0.4) is 0 Å². The van der Waals surface area contributed by atoms with Crippen molar-refractivity contribution in [2.75, 3.05) is 0 Å². The molecule has 0 aromatic heterocycles. The van der Waals surface area contributed by atoms with E-state index >= 15 is 0 Å². The maximum atomic E-state index is 11.6. The Kier molecular flexibility index (Phi) is 3.17. The monoisotopic (exact) mass is 227 g/mol. The van der Waals surface area contributed by atoms with E-state index in [0.29, 0.717) is 0 Å². The van der Waals surface area contributed by atoms with E-state index in [1.807, 2.05) is 0 Å². The van der Waals surface area contributed by atoms with Gasteiger partial charge in [0.2, 0.25) is 0 Å². The largest absolute Gasteiger partial charge is 0.444 e. The van der Waals surface area contributed by atoms with Crippen LogP contribution in [0, 0.1) is 11.3 Å². The molecule has 92 valence electrons. The van der Waals surface area contributed by atoms with Gasteiger partial charge in [-0.1, -0.05) is 0 Å². The summed E-state index contributed by atoms with van der Waals surface area (Å²) in [4.78, 5) is 11.6.